The van der Waals surface area contributed by atoms with E-state index in [1.165, 1.54) is 16.6 Å². The van der Waals surface area contributed by atoms with Crippen LogP contribution in [-0.4, -0.2) is 71.2 Å². The lowest BCUT2D eigenvalue weighted by Crippen LogP contribution is -2.54. The van der Waals surface area contributed by atoms with E-state index in [4.69, 9.17) is 4.74 Å². The summed E-state index contributed by atoms with van der Waals surface area (Å²) < 4.78 is 32.7. The van der Waals surface area contributed by atoms with Gasteiger partial charge in [0, 0.05) is 18.8 Å². The number of carbonyl (C=O) groups is 2. The third kappa shape index (κ3) is 7.92. The number of nitrogens with zero attached hydrogens (tertiary/aromatic N) is 2. The van der Waals surface area contributed by atoms with Crippen molar-refractivity contribution in [3.8, 4) is 0 Å². The van der Waals surface area contributed by atoms with E-state index in [1.54, 1.807) is 39.8 Å². The normalized spacial score (nSPS) is 23.1. The van der Waals surface area contributed by atoms with Crippen LogP contribution in [0.2, 0.25) is 0 Å². The number of carbonyl (C=O) groups excluding carboxylic acids is 2. The predicted octanol–water partition coefficient (Wildman–Crippen LogP) is 2.04. The minimum absolute atomic E-state index is 0.0879. The van der Waals surface area contributed by atoms with Crippen LogP contribution in [0.15, 0.2) is 29.4 Å². The molecule has 192 valence electrons. The molecule has 0 aromatic carbocycles. The lowest BCUT2D eigenvalue weighted by molar-refractivity contribution is -0.125. The van der Waals surface area contributed by atoms with Crippen molar-refractivity contribution in [3.63, 3.8) is 0 Å². The van der Waals surface area contributed by atoms with E-state index in [0.29, 0.717) is 19.3 Å². The van der Waals surface area contributed by atoms with Crippen molar-refractivity contribution in [1.82, 2.24) is 19.9 Å². The second-order valence-corrected chi connectivity index (χ2v) is 12.0. The monoisotopic (exact) mass is 498 g/mol. The number of amides is 2. The fraction of sp³-hybridized carbons (Fsp3) is 0.696. The van der Waals surface area contributed by atoms with E-state index in [2.05, 4.69) is 15.6 Å². The van der Waals surface area contributed by atoms with Gasteiger partial charge >= 0.3 is 6.09 Å². The van der Waals surface area contributed by atoms with Gasteiger partial charge < -0.3 is 20.5 Å². The van der Waals surface area contributed by atoms with Crippen molar-refractivity contribution in [1.29, 1.82) is 0 Å². The average molecular weight is 499 g/mol. The first-order valence-electron chi connectivity index (χ1n) is 11.6. The number of aliphatic hydroxyl groups is 1. The first-order chi connectivity index (χ1) is 15.7. The molecule has 1 aliphatic rings. The topological polar surface area (TPSA) is 138 Å². The third-order valence-corrected chi connectivity index (χ3v) is 7.37. The Kier molecular flexibility index (Phi) is 9.44. The van der Waals surface area contributed by atoms with Gasteiger partial charge in [0.05, 0.1) is 12.1 Å². The van der Waals surface area contributed by atoms with Gasteiger partial charge in [0.1, 0.15) is 11.6 Å². The first-order valence-corrected chi connectivity index (χ1v) is 13.1. The summed E-state index contributed by atoms with van der Waals surface area (Å²) in [5, 5.41) is 16.2. The fourth-order valence-corrected chi connectivity index (χ4v) is 5.42. The van der Waals surface area contributed by atoms with E-state index < -0.39 is 51.9 Å². The summed E-state index contributed by atoms with van der Waals surface area (Å²) in [6.07, 6.45) is 0.766. The Bertz CT molecular complexity index is 933. The Morgan fingerprint density at radius 3 is 2.50 bits per heavy atom. The van der Waals surface area contributed by atoms with E-state index >= 15 is 0 Å². The number of nitrogens with one attached hydrogen (secondary N) is 2. The first kappa shape index (κ1) is 28.0. The molecule has 2 rings (SSSR count). The number of pyridine rings is 1. The molecule has 0 bridgehead atoms. The van der Waals surface area contributed by atoms with E-state index in [0.717, 1.165) is 0 Å². The molecule has 3 unspecified atom stereocenters. The number of aliphatic hydroxyl groups excluding tert-OH is 1. The molecule has 2 heterocycles. The molecule has 1 saturated heterocycles. The highest BCUT2D eigenvalue weighted by molar-refractivity contribution is 7.89. The van der Waals surface area contributed by atoms with Crippen molar-refractivity contribution < 1.29 is 27.9 Å². The Labute approximate surface area is 202 Å². The molecule has 10 nitrogen and oxygen atoms in total. The van der Waals surface area contributed by atoms with Crippen LogP contribution < -0.4 is 10.6 Å². The van der Waals surface area contributed by atoms with Crippen molar-refractivity contribution in [2.45, 2.75) is 95.7 Å². The maximum atomic E-state index is 13.1. The standard InChI is InChI=1S/C23H38N4O6S/c1-15(2)13-18(26-22(30)33-23(4,5)6)21(29)25-17-11-10-16(3)27(14-19(17)28)34(31,32)20-9-7-8-12-24-20/h7-9,12,15-19,28H,10-11,13-14H2,1-6H3,(H,25,29)(H,26,30)/t16?,17?,18-,19?/m0/s1. The lowest BCUT2D eigenvalue weighted by atomic mass is 10.0. The SMILES string of the molecule is CC(C)C[C@H](NC(=O)OC(C)(C)C)C(=O)NC1CCC(C)N(S(=O)(=O)c2ccccn2)CC1O. The summed E-state index contributed by atoms with van der Waals surface area (Å²) in [5.74, 6) is -0.332. The minimum atomic E-state index is -3.91. The number of rotatable bonds is 7. The summed E-state index contributed by atoms with van der Waals surface area (Å²) in [7, 11) is -3.91. The molecule has 1 aromatic rings. The van der Waals surface area contributed by atoms with Gasteiger partial charge in [0.2, 0.25) is 5.91 Å². The molecule has 3 N–H and O–H groups in total. The number of sulfonamides is 1. The zero-order chi connectivity index (χ0) is 25.7. The minimum Gasteiger partial charge on any atom is -0.444 e. The highest BCUT2D eigenvalue weighted by Crippen LogP contribution is 2.24. The molecule has 4 atom stereocenters. The van der Waals surface area contributed by atoms with Gasteiger partial charge in [-0.15, -0.1) is 0 Å². The molecule has 1 aliphatic heterocycles. The van der Waals surface area contributed by atoms with Crippen LogP contribution in [0, 0.1) is 5.92 Å². The van der Waals surface area contributed by atoms with Crippen LogP contribution in [0.25, 0.3) is 0 Å². The smallest absolute Gasteiger partial charge is 0.408 e. The molecule has 0 spiro atoms. The van der Waals surface area contributed by atoms with Crippen molar-refractivity contribution in [3.05, 3.63) is 24.4 Å². The zero-order valence-electron chi connectivity index (χ0n) is 20.8. The largest absolute Gasteiger partial charge is 0.444 e. The van der Waals surface area contributed by atoms with Crippen molar-refractivity contribution in [2.24, 2.45) is 5.92 Å². The van der Waals surface area contributed by atoms with Gasteiger partial charge in [0.25, 0.3) is 10.0 Å². The lowest BCUT2D eigenvalue weighted by Gasteiger charge is -2.29. The van der Waals surface area contributed by atoms with Gasteiger partial charge in [-0.2, -0.15) is 4.31 Å². The summed E-state index contributed by atoms with van der Waals surface area (Å²) in [5.41, 5.74) is -0.709. The molecule has 11 heteroatoms. The van der Waals surface area contributed by atoms with E-state index in [-0.39, 0.29) is 17.5 Å². The molecule has 1 fully saturated rings. The number of β-amino-alcohol motifs (C(OH)–C–C–N with tert-alkyl or cyclic N) is 1. The summed E-state index contributed by atoms with van der Waals surface area (Å²) in [6.45, 7) is 10.6. The average Bonchev–Trinajstić information content (AvgIpc) is 2.86. The molecule has 0 aliphatic carbocycles. The number of hydrogen-bond acceptors (Lipinski definition) is 7. The highest BCUT2D eigenvalue weighted by atomic mass is 32.2. The van der Waals surface area contributed by atoms with Crippen LogP contribution in [0.4, 0.5) is 4.79 Å². The van der Waals surface area contributed by atoms with Crippen molar-refractivity contribution in [2.75, 3.05) is 6.54 Å². The maximum Gasteiger partial charge on any atom is 0.408 e. The number of hydrogen-bond donors (Lipinski definition) is 3. The van der Waals surface area contributed by atoms with Gasteiger partial charge in [-0.05, 0) is 65.0 Å². The second kappa shape index (κ2) is 11.5. The van der Waals surface area contributed by atoms with Crippen LogP contribution in [0.1, 0.15) is 60.8 Å². The molecular formula is C23H38N4O6S. The molecule has 0 saturated carbocycles. The molecule has 2 amide bonds. The van der Waals surface area contributed by atoms with Gasteiger partial charge in [-0.3, -0.25) is 4.79 Å². The second-order valence-electron chi connectivity index (χ2n) is 10.2. The molecule has 34 heavy (non-hydrogen) atoms. The van der Waals surface area contributed by atoms with Crippen LogP contribution in [0.5, 0.6) is 0 Å². The molecule has 1 aromatic heterocycles. The van der Waals surface area contributed by atoms with Gasteiger partial charge in [-0.1, -0.05) is 19.9 Å². The summed E-state index contributed by atoms with van der Waals surface area (Å²) >= 11 is 0. The fourth-order valence-electron chi connectivity index (χ4n) is 3.81. The van der Waals surface area contributed by atoms with E-state index in [1.807, 2.05) is 13.8 Å². The Morgan fingerprint density at radius 2 is 1.94 bits per heavy atom. The Morgan fingerprint density at radius 1 is 1.26 bits per heavy atom. The number of ether oxygens (including phenoxy) is 1. The van der Waals surface area contributed by atoms with Crippen LogP contribution in [-0.2, 0) is 19.6 Å². The van der Waals surface area contributed by atoms with Gasteiger partial charge in [0.15, 0.2) is 5.03 Å². The van der Waals surface area contributed by atoms with E-state index in [9.17, 15) is 23.1 Å². The van der Waals surface area contributed by atoms with Crippen LogP contribution >= 0.6 is 0 Å². The Balaban J connectivity index is 2.13. The van der Waals surface area contributed by atoms with Crippen molar-refractivity contribution >= 4 is 22.0 Å². The summed E-state index contributed by atoms with van der Waals surface area (Å²) in [4.78, 5) is 29.3. The predicted molar refractivity (Wildman–Crippen MR) is 127 cm³/mol. The third-order valence-electron chi connectivity index (χ3n) is 5.47. The molecule has 0 radical (unpaired) electrons. The molecular weight excluding hydrogens is 460 g/mol. The quantitative estimate of drug-likeness (QED) is 0.523. The Hall–Kier alpha value is -2.24. The van der Waals surface area contributed by atoms with Crippen LogP contribution in [0.3, 0.4) is 0 Å². The summed E-state index contributed by atoms with van der Waals surface area (Å²) in [6, 6.07) is 2.72. The maximum absolute atomic E-state index is 13.1. The number of aromatic nitrogens is 1. The zero-order valence-corrected chi connectivity index (χ0v) is 21.6. The van der Waals surface area contributed by atoms with Gasteiger partial charge in [-0.25, -0.2) is 18.2 Å². The number of alkyl carbamates (subject to hydrolysis) is 1. The highest BCUT2D eigenvalue weighted by Gasteiger charge is 2.38.